The van der Waals surface area contributed by atoms with Crippen LogP contribution in [-0.4, -0.2) is 41.7 Å². The van der Waals surface area contributed by atoms with Gasteiger partial charge in [0, 0.05) is 28.3 Å². The molecule has 2 N–H and O–H groups in total. The standard InChI is InChI=1S/C27H35ClN4O3.3H2/c1-27(2,3)35-26(34)31-23-14-15-32(17-23)24-13-12-22(16-29-24)30-25(33)20-6-4-18(5-7-20)19-8-10-21(28)11-9-19;;;/h8-13,16,18,20,23H,4-7,14-15,17H2,1-3H3,(H,30,33)(H,31,34);3*1H. The van der Waals surface area contributed by atoms with Gasteiger partial charge in [0.15, 0.2) is 0 Å². The molecule has 0 radical (unpaired) electrons. The Bertz CT molecular complexity index is 1030. The second kappa shape index (κ2) is 10.9. The second-order valence-electron chi connectivity index (χ2n) is 10.6. The van der Waals surface area contributed by atoms with Crippen molar-refractivity contribution in [1.29, 1.82) is 0 Å². The maximum atomic E-state index is 12.8. The third-order valence-corrected chi connectivity index (χ3v) is 6.94. The van der Waals surface area contributed by atoms with Gasteiger partial charge in [0.2, 0.25) is 5.91 Å². The number of anilines is 2. The van der Waals surface area contributed by atoms with Gasteiger partial charge in [-0.3, -0.25) is 4.79 Å². The van der Waals surface area contributed by atoms with Gasteiger partial charge in [-0.25, -0.2) is 9.78 Å². The zero-order chi connectivity index (χ0) is 25.0. The molecular formula is C27H41ClN4O3. The number of carbonyl (C=O) groups is 2. The van der Waals surface area contributed by atoms with E-state index in [1.165, 1.54) is 5.56 Å². The summed E-state index contributed by atoms with van der Waals surface area (Å²) in [5.74, 6) is 1.42. The van der Waals surface area contributed by atoms with Gasteiger partial charge in [-0.15, -0.1) is 0 Å². The average molecular weight is 505 g/mol. The van der Waals surface area contributed by atoms with E-state index in [-0.39, 0.29) is 22.1 Å². The molecule has 1 atom stereocenters. The number of halogens is 1. The third-order valence-electron chi connectivity index (χ3n) is 6.69. The van der Waals surface area contributed by atoms with Crippen LogP contribution in [0.2, 0.25) is 5.02 Å². The summed E-state index contributed by atoms with van der Waals surface area (Å²) in [6, 6.07) is 11.9. The molecule has 2 amide bonds. The van der Waals surface area contributed by atoms with Crippen LogP contribution in [0.25, 0.3) is 0 Å². The first-order valence-corrected chi connectivity index (χ1v) is 12.8. The molecular weight excluding hydrogens is 464 g/mol. The molecule has 0 bridgehead atoms. The summed E-state index contributed by atoms with van der Waals surface area (Å²) in [6.07, 6.45) is 5.92. The van der Waals surface area contributed by atoms with E-state index in [4.69, 9.17) is 16.3 Å². The maximum Gasteiger partial charge on any atom is 0.407 e. The molecule has 1 unspecified atom stereocenters. The zero-order valence-corrected chi connectivity index (χ0v) is 21.5. The van der Waals surface area contributed by atoms with Crippen molar-refractivity contribution in [3.8, 4) is 0 Å². The number of ether oxygens (including phenoxy) is 1. The van der Waals surface area contributed by atoms with Crippen LogP contribution < -0.4 is 15.5 Å². The van der Waals surface area contributed by atoms with E-state index in [0.29, 0.717) is 18.2 Å². The summed E-state index contributed by atoms with van der Waals surface area (Å²) in [7, 11) is 0. The Hall–Kier alpha value is -2.80. The summed E-state index contributed by atoms with van der Waals surface area (Å²) in [6.45, 7) is 7.03. The smallest absolute Gasteiger partial charge is 0.407 e. The van der Waals surface area contributed by atoms with Gasteiger partial charge in [0.05, 0.1) is 17.9 Å². The zero-order valence-electron chi connectivity index (χ0n) is 20.7. The van der Waals surface area contributed by atoms with Gasteiger partial charge < -0.3 is 20.3 Å². The molecule has 194 valence electrons. The van der Waals surface area contributed by atoms with Crippen LogP contribution in [-0.2, 0) is 9.53 Å². The van der Waals surface area contributed by atoms with Crippen molar-refractivity contribution in [1.82, 2.24) is 10.3 Å². The van der Waals surface area contributed by atoms with Gasteiger partial charge in [0.25, 0.3) is 0 Å². The number of nitrogens with zero attached hydrogens (tertiary/aromatic N) is 2. The number of carbonyl (C=O) groups excluding carboxylic acids is 2. The molecule has 35 heavy (non-hydrogen) atoms. The van der Waals surface area contributed by atoms with E-state index < -0.39 is 11.7 Å². The summed E-state index contributed by atoms with van der Waals surface area (Å²) in [5.41, 5.74) is 1.50. The van der Waals surface area contributed by atoms with Crippen molar-refractivity contribution in [2.75, 3.05) is 23.3 Å². The molecule has 1 aliphatic heterocycles. The van der Waals surface area contributed by atoms with Crippen LogP contribution >= 0.6 is 11.6 Å². The quantitative estimate of drug-likeness (QED) is 0.486. The van der Waals surface area contributed by atoms with E-state index in [2.05, 4.69) is 32.7 Å². The number of benzene rings is 1. The molecule has 1 aromatic carbocycles. The number of alkyl carbamates (subject to hydrolysis) is 1. The number of hydrogen-bond donors (Lipinski definition) is 2. The van der Waals surface area contributed by atoms with Crippen LogP contribution in [0.4, 0.5) is 16.3 Å². The Balaban J connectivity index is 0.00000241. The van der Waals surface area contributed by atoms with E-state index in [1.807, 2.05) is 45.0 Å². The van der Waals surface area contributed by atoms with E-state index in [9.17, 15) is 9.59 Å². The molecule has 1 saturated carbocycles. The molecule has 1 saturated heterocycles. The minimum absolute atomic E-state index is 0. The van der Waals surface area contributed by atoms with E-state index >= 15 is 0 Å². The van der Waals surface area contributed by atoms with Gasteiger partial charge in [-0.2, -0.15) is 0 Å². The molecule has 1 aliphatic carbocycles. The van der Waals surface area contributed by atoms with Crippen LogP contribution in [0.3, 0.4) is 0 Å². The lowest BCUT2D eigenvalue weighted by atomic mass is 9.78. The fourth-order valence-corrected chi connectivity index (χ4v) is 5.00. The monoisotopic (exact) mass is 504 g/mol. The number of hydrogen-bond acceptors (Lipinski definition) is 5. The molecule has 2 aromatic rings. The lowest BCUT2D eigenvalue weighted by molar-refractivity contribution is -0.120. The van der Waals surface area contributed by atoms with Crippen LogP contribution in [0.1, 0.15) is 68.6 Å². The Morgan fingerprint density at radius 1 is 1.06 bits per heavy atom. The summed E-state index contributed by atoms with van der Waals surface area (Å²) in [5, 5.41) is 6.72. The van der Waals surface area contributed by atoms with Crippen molar-refractivity contribution in [2.45, 2.75) is 70.4 Å². The topological polar surface area (TPSA) is 83.6 Å². The number of rotatable bonds is 5. The first kappa shape index (κ1) is 25.3. The van der Waals surface area contributed by atoms with Crippen LogP contribution in [0, 0.1) is 5.92 Å². The summed E-state index contributed by atoms with van der Waals surface area (Å²) < 4.78 is 5.35. The predicted molar refractivity (Wildman–Crippen MR) is 145 cm³/mol. The first-order chi connectivity index (χ1) is 16.7. The summed E-state index contributed by atoms with van der Waals surface area (Å²) in [4.78, 5) is 31.5. The molecule has 1 aromatic heterocycles. The lowest BCUT2D eigenvalue weighted by Crippen LogP contribution is -2.40. The molecule has 2 aliphatic rings. The molecule has 2 heterocycles. The molecule has 8 heteroatoms. The fourth-order valence-electron chi connectivity index (χ4n) is 4.88. The Labute approximate surface area is 217 Å². The van der Waals surface area contributed by atoms with Gasteiger partial charge >= 0.3 is 6.09 Å². The largest absolute Gasteiger partial charge is 0.444 e. The number of amides is 2. The van der Waals surface area contributed by atoms with Crippen LogP contribution in [0.15, 0.2) is 42.6 Å². The number of pyridine rings is 1. The Morgan fingerprint density at radius 2 is 1.77 bits per heavy atom. The Kier molecular flexibility index (Phi) is 7.85. The van der Waals surface area contributed by atoms with Gasteiger partial charge in [-0.1, -0.05) is 23.7 Å². The van der Waals surface area contributed by atoms with Crippen molar-refractivity contribution in [3.05, 3.63) is 53.2 Å². The third kappa shape index (κ3) is 7.10. The SMILES string of the molecule is CC(C)(C)OC(=O)NC1CCN(c2ccc(NC(=O)C3CCC(c4ccc(Cl)cc4)CC3)cn2)C1.[HH].[HH].[HH]. The highest BCUT2D eigenvalue weighted by atomic mass is 35.5. The summed E-state index contributed by atoms with van der Waals surface area (Å²) >= 11 is 6.00. The van der Waals surface area contributed by atoms with Crippen molar-refractivity contribution in [2.24, 2.45) is 5.92 Å². The fraction of sp³-hybridized carbons (Fsp3) is 0.519. The normalized spacial score (nSPS) is 22.5. The molecule has 4 rings (SSSR count). The number of nitrogens with one attached hydrogen (secondary N) is 2. The van der Waals surface area contributed by atoms with Gasteiger partial charge in [-0.05, 0) is 88.6 Å². The predicted octanol–water partition coefficient (Wildman–Crippen LogP) is 6.49. The molecule has 2 fully saturated rings. The van der Waals surface area contributed by atoms with Crippen LogP contribution in [0.5, 0.6) is 0 Å². The van der Waals surface area contributed by atoms with Crippen molar-refractivity contribution >= 4 is 35.1 Å². The van der Waals surface area contributed by atoms with E-state index in [0.717, 1.165) is 49.5 Å². The molecule has 7 nitrogen and oxygen atoms in total. The average Bonchev–Trinajstić information content (AvgIpc) is 3.27. The Morgan fingerprint density at radius 3 is 2.40 bits per heavy atom. The molecule has 0 spiro atoms. The highest BCUT2D eigenvalue weighted by Crippen LogP contribution is 2.36. The highest BCUT2D eigenvalue weighted by molar-refractivity contribution is 6.30. The second-order valence-corrected chi connectivity index (χ2v) is 11.0. The maximum absolute atomic E-state index is 12.8. The minimum atomic E-state index is -0.514. The van der Waals surface area contributed by atoms with Crippen molar-refractivity contribution < 1.29 is 18.6 Å². The first-order valence-electron chi connectivity index (χ1n) is 12.4. The van der Waals surface area contributed by atoms with E-state index in [1.54, 1.807) is 6.20 Å². The number of aromatic nitrogens is 1. The lowest BCUT2D eigenvalue weighted by Gasteiger charge is -2.28. The van der Waals surface area contributed by atoms with Gasteiger partial charge in [0.1, 0.15) is 11.4 Å². The van der Waals surface area contributed by atoms with Crippen molar-refractivity contribution in [3.63, 3.8) is 0 Å². The minimum Gasteiger partial charge on any atom is -0.444 e. The highest BCUT2D eigenvalue weighted by Gasteiger charge is 2.28.